The highest BCUT2D eigenvalue weighted by Crippen LogP contribution is 2.18. The van der Waals surface area contributed by atoms with Crippen LogP contribution in [0.1, 0.15) is 12.7 Å². The fourth-order valence-corrected chi connectivity index (χ4v) is 2.85. The molecule has 1 heterocycles. The van der Waals surface area contributed by atoms with Gasteiger partial charge in [-0.15, -0.1) is 0 Å². The number of aliphatic hydroxyl groups is 1. The molecule has 2 aromatic carbocycles. The van der Waals surface area contributed by atoms with Gasteiger partial charge in [-0.05, 0) is 36.4 Å². The van der Waals surface area contributed by atoms with Crippen LogP contribution in [0.4, 0.5) is 0 Å². The number of ether oxygens (including phenoxy) is 1. The van der Waals surface area contributed by atoms with Crippen molar-refractivity contribution in [2.75, 3.05) is 6.61 Å². The molecule has 1 N–H and O–H groups in total. The van der Waals surface area contributed by atoms with E-state index < -0.39 is 6.10 Å². The Morgan fingerprint density at radius 2 is 1.91 bits per heavy atom. The first-order chi connectivity index (χ1) is 11.2. The molecule has 4 nitrogen and oxygen atoms in total. The Morgan fingerprint density at radius 3 is 2.65 bits per heavy atom. The predicted molar refractivity (Wildman–Crippen MR) is 94.8 cm³/mol. The van der Waals surface area contributed by atoms with E-state index in [0.717, 1.165) is 33.5 Å². The third-order valence-corrected chi connectivity index (χ3v) is 4.23. The van der Waals surface area contributed by atoms with Crippen LogP contribution in [0.3, 0.4) is 0 Å². The van der Waals surface area contributed by atoms with Gasteiger partial charge in [-0.3, -0.25) is 0 Å². The monoisotopic (exact) mass is 374 g/mol. The van der Waals surface area contributed by atoms with E-state index in [9.17, 15) is 5.11 Å². The summed E-state index contributed by atoms with van der Waals surface area (Å²) in [6.45, 7) is 2.79. The molecular weight excluding hydrogens is 356 g/mol. The Hall–Kier alpha value is -1.85. The maximum atomic E-state index is 10.3. The highest BCUT2D eigenvalue weighted by atomic mass is 79.9. The molecule has 0 aliphatic heterocycles. The fraction of sp³-hybridized carbons (Fsp3) is 0.278. The highest BCUT2D eigenvalue weighted by molar-refractivity contribution is 9.10. The summed E-state index contributed by atoms with van der Waals surface area (Å²) < 4.78 is 8.73. The van der Waals surface area contributed by atoms with E-state index >= 15 is 0 Å². The molecule has 0 amide bonds. The number of para-hydroxylation sites is 2. The molecule has 1 atom stereocenters. The molecule has 23 heavy (non-hydrogen) atoms. The Morgan fingerprint density at radius 1 is 1.17 bits per heavy atom. The van der Waals surface area contributed by atoms with Crippen LogP contribution < -0.4 is 4.74 Å². The van der Waals surface area contributed by atoms with Crippen molar-refractivity contribution in [2.24, 2.45) is 0 Å². The van der Waals surface area contributed by atoms with Gasteiger partial charge in [0.25, 0.3) is 0 Å². The molecule has 3 rings (SSSR count). The number of aromatic nitrogens is 2. The van der Waals surface area contributed by atoms with Crippen molar-refractivity contribution in [3.8, 4) is 5.75 Å². The van der Waals surface area contributed by atoms with E-state index in [1.54, 1.807) is 0 Å². The molecule has 0 radical (unpaired) electrons. The number of fused-ring (bicyclic) bond motifs is 1. The zero-order valence-electron chi connectivity index (χ0n) is 12.9. The molecular formula is C18H19BrN2O2. The van der Waals surface area contributed by atoms with Crippen molar-refractivity contribution >= 4 is 27.0 Å². The minimum absolute atomic E-state index is 0.247. The first-order valence-corrected chi connectivity index (χ1v) is 8.47. The van der Waals surface area contributed by atoms with Gasteiger partial charge in [0.15, 0.2) is 0 Å². The van der Waals surface area contributed by atoms with E-state index in [4.69, 9.17) is 4.74 Å². The van der Waals surface area contributed by atoms with Crippen LogP contribution in [0.5, 0.6) is 5.75 Å². The smallest absolute Gasteiger partial charge is 0.119 e. The lowest BCUT2D eigenvalue weighted by Crippen LogP contribution is -2.24. The van der Waals surface area contributed by atoms with Gasteiger partial charge in [0.05, 0.1) is 17.6 Å². The average Bonchev–Trinajstić information content (AvgIpc) is 2.92. The van der Waals surface area contributed by atoms with Crippen molar-refractivity contribution in [3.05, 3.63) is 58.8 Å². The van der Waals surface area contributed by atoms with E-state index in [2.05, 4.69) is 32.4 Å². The Bertz CT molecular complexity index is 783. The van der Waals surface area contributed by atoms with Crippen LogP contribution in [0.25, 0.3) is 11.0 Å². The summed E-state index contributed by atoms with van der Waals surface area (Å²) in [6, 6.07) is 15.6. The second kappa shape index (κ2) is 7.15. The number of rotatable bonds is 6. The quantitative estimate of drug-likeness (QED) is 0.713. The average molecular weight is 375 g/mol. The van der Waals surface area contributed by atoms with Crippen LogP contribution in [-0.2, 0) is 13.0 Å². The number of hydrogen-bond donors (Lipinski definition) is 1. The van der Waals surface area contributed by atoms with E-state index in [-0.39, 0.29) is 6.61 Å². The van der Waals surface area contributed by atoms with Gasteiger partial charge in [0.1, 0.15) is 24.3 Å². The predicted octanol–water partition coefficient (Wildman–Crippen LogP) is 3.80. The second-order valence-electron chi connectivity index (χ2n) is 5.40. The number of imidazole rings is 1. The molecule has 0 saturated heterocycles. The van der Waals surface area contributed by atoms with Gasteiger partial charge in [-0.2, -0.15) is 0 Å². The Kier molecular flexibility index (Phi) is 4.98. The summed E-state index contributed by atoms with van der Waals surface area (Å²) in [6.07, 6.45) is 0.233. The third kappa shape index (κ3) is 3.74. The molecule has 120 valence electrons. The molecule has 3 aromatic rings. The molecule has 0 saturated carbocycles. The fourth-order valence-electron chi connectivity index (χ4n) is 2.59. The van der Waals surface area contributed by atoms with Gasteiger partial charge in [0.2, 0.25) is 0 Å². The lowest BCUT2D eigenvalue weighted by atomic mass is 10.3. The van der Waals surface area contributed by atoms with Gasteiger partial charge in [0, 0.05) is 10.9 Å². The van der Waals surface area contributed by atoms with Gasteiger partial charge in [-0.25, -0.2) is 4.98 Å². The number of nitrogens with zero attached hydrogens (tertiary/aromatic N) is 2. The number of hydrogen-bond acceptors (Lipinski definition) is 3. The summed E-state index contributed by atoms with van der Waals surface area (Å²) in [7, 11) is 0. The number of benzene rings is 2. The minimum Gasteiger partial charge on any atom is -0.491 e. The van der Waals surface area contributed by atoms with Crippen molar-refractivity contribution in [3.63, 3.8) is 0 Å². The summed E-state index contributed by atoms with van der Waals surface area (Å²) in [5, 5.41) is 10.3. The molecule has 0 spiro atoms. The molecule has 1 aromatic heterocycles. The van der Waals surface area contributed by atoms with Gasteiger partial charge < -0.3 is 14.4 Å². The van der Waals surface area contributed by atoms with Crippen LogP contribution >= 0.6 is 15.9 Å². The van der Waals surface area contributed by atoms with Crippen molar-refractivity contribution < 1.29 is 9.84 Å². The Labute approximate surface area is 143 Å². The van der Waals surface area contributed by atoms with Gasteiger partial charge in [-0.1, -0.05) is 35.0 Å². The molecule has 5 heteroatoms. The van der Waals surface area contributed by atoms with Crippen LogP contribution in [0, 0.1) is 0 Å². The zero-order valence-corrected chi connectivity index (χ0v) is 14.5. The minimum atomic E-state index is -0.596. The SMILES string of the molecule is CCc1nc2ccccc2n1C[C@H](O)COc1ccc(Br)cc1. The largest absolute Gasteiger partial charge is 0.491 e. The standard InChI is InChI=1S/C18H19BrN2O2/c1-2-18-20-16-5-3-4-6-17(16)21(18)11-14(22)12-23-15-9-7-13(19)8-10-15/h3-10,14,22H,2,11-12H2,1H3/t14-/m0/s1. The van der Waals surface area contributed by atoms with Crippen molar-refractivity contribution in [1.82, 2.24) is 9.55 Å². The Balaban J connectivity index is 1.70. The molecule has 0 bridgehead atoms. The summed E-state index contributed by atoms with van der Waals surface area (Å²) in [5.74, 6) is 1.73. The molecule has 0 aliphatic carbocycles. The van der Waals surface area contributed by atoms with Crippen molar-refractivity contribution in [2.45, 2.75) is 26.0 Å². The van der Waals surface area contributed by atoms with E-state index in [0.29, 0.717) is 6.54 Å². The van der Waals surface area contributed by atoms with E-state index in [1.807, 2.05) is 48.5 Å². The topological polar surface area (TPSA) is 47.3 Å². The summed E-state index contributed by atoms with van der Waals surface area (Å²) >= 11 is 3.39. The van der Waals surface area contributed by atoms with Gasteiger partial charge >= 0.3 is 0 Å². The molecule has 0 unspecified atom stereocenters. The second-order valence-corrected chi connectivity index (χ2v) is 6.32. The maximum Gasteiger partial charge on any atom is 0.119 e. The third-order valence-electron chi connectivity index (χ3n) is 3.70. The number of aryl methyl sites for hydroxylation is 1. The lowest BCUT2D eigenvalue weighted by Gasteiger charge is -2.15. The maximum absolute atomic E-state index is 10.3. The summed E-state index contributed by atoms with van der Waals surface area (Å²) in [4.78, 5) is 4.62. The first-order valence-electron chi connectivity index (χ1n) is 7.68. The highest BCUT2D eigenvalue weighted by Gasteiger charge is 2.13. The van der Waals surface area contributed by atoms with Crippen LogP contribution in [-0.4, -0.2) is 27.4 Å². The van der Waals surface area contributed by atoms with E-state index in [1.165, 1.54) is 0 Å². The summed E-state index contributed by atoms with van der Waals surface area (Å²) in [5.41, 5.74) is 2.01. The number of aliphatic hydroxyl groups excluding tert-OH is 1. The molecule has 0 fully saturated rings. The number of halogens is 1. The molecule has 0 aliphatic rings. The van der Waals surface area contributed by atoms with Crippen LogP contribution in [0.2, 0.25) is 0 Å². The lowest BCUT2D eigenvalue weighted by molar-refractivity contribution is 0.0927. The zero-order chi connectivity index (χ0) is 16.2. The van der Waals surface area contributed by atoms with Crippen molar-refractivity contribution in [1.29, 1.82) is 0 Å². The first kappa shape index (κ1) is 16.0. The normalized spacial score (nSPS) is 12.5. The van der Waals surface area contributed by atoms with Crippen LogP contribution in [0.15, 0.2) is 53.0 Å².